The Morgan fingerprint density at radius 2 is 1.28 bits per heavy atom. The minimum Gasteiger partial charge on any atom is -0.497 e. The van der Waals surface area contributed by atoms with E-state index in [1.54, 1.807) is 20.4 Å². The molecule has 2 aromatic heterocycles. The van der Waals surface area contributed by atoms with Crippen LogP contribution < -0.4 is 9.47 Å². The first-order valence-corrected chi connectivity index (χ1v) is 24.1. The van der Waals surface area contributed by atoms with Gasteiger partial charge in [0.05, 0.1) is 37.4 Å². The standard InChI is InChI=1S/C46H60N4O7Si/c1-46(2,3)58(6,7)57-45(35-13-17-48-39-11-9-33(55-5)25-37(35)39)41-21-29-15-19-50(41)27-31(29)23-43(53)56-44(34-12-16-47-38-10-8-32(54-4)24-36(34)38)40-20-28-14-18-49(40)26-30(28)22-42(51)52/h8-13,16-17,24-25,28-31,40-41,44-45H,14-15,18-23,26-27H2,1-7H3,(H,51,52)/t28-,29-,30-,31-,40-,41-,44+,45+/m0/s1. The lowest BCUT2D eigenvalue weighted by Crippen LogP contribution is -2.57. The molecule has 4 aromatic rings. The molecule has 6 aliphatic heterocycles. The van der Waals surface area contributed by atoms with Crippen molar-refractivity contribution < 1.29 is 33.3 Å². The topological polar surface area (TPSA) is 124 Å². The van der Waals surface area contributed by atoms with Gasteiger partial charge in [0.2, 0.25) is 0 Å². The Hall–Kier alpha value is -4.10. The summed E-state index contributed by atoms with van der Waals surface area (Å²) >= 11 is 0. The summed E-state index contributed by atoms with van der Waals surface area (Å²) in [7, 11) is 1.13. The van der Waals surface area contributed by atoms with Gasteiger partial charge in [-0.3, -0.25) is 29.4 Å². The summed E-state index contributed by atoms with van der Waals surface area (Å²) in [5.74, 6) is 1.47. The maximum atomic E-state index is 14.4. The van der Waals surface area contributed by atoms with E-state index in [4.69, 9.17) is 23.6 Å². The van der Waals surface area contributed by atoms with Crippen LogP contribution in [-0.2, 0) is 18.8 Å². The number of methoxy groups -OCH3 is 2. The fourth-order valence-corrected chi connectivity index (χ4v) is 11.6. The van der Waals surface area contributed by atoms with E-state index < -0.39 is 20.4 Å². The monoisotopic (exact) mass is 808 g/mol. The van der Waals surface area contributed by atoms with Gasteiger partial charge < -0.3 is 23.7 Å². The van der Waals surface area contributed by atoms with E-state index >= 15 is 0 Å². The van der Waals surface area contributed by atoms with Crippen molar-refractivity contribution in [2.75, 3.05) is 40.4 Å². The Labute approximate surface area is 343 Å². The second kappa shape index (κ2) is 16.2. The van der Waals surface area contributed by atoms with Crippen LogP contribution in [0.5, 0.6) is 11.5 Å². The molecular formula is C46H60N4O7Si. The second-order valence-electron chi connectivity index (χ2n) is 18.8. The molecule has 6 saturated heterocycles. The number of nitrogens with zero attached hydrogens (tertiary/aromatic N) is 4. The van der Waals surface area contributed by atoms with Crippen LogP contribution in [0.2, 0.25) is 18.1 Å². The number of esters is 1. The van der Waals surface area contributed by atoms with Crippen LogP contribution in [0.1, 0.15) is 82.6 Å². The Bertz CT molecular complexity index is 2160. The average Bonchev–Trinajstić information content (AvgIpc) is 3.21. The largest absolute Gasteiger partial charge is 0.497 e. The molecule has 1 N–H and O–H groups in total. The van der Waals surface area contributed by atoms with Gasteiger partial charge in [-0.2, -0.15) is 0 Å². The van der Waals surface area contributed by atoms with Gasteiger partial charge in [0.1, 0.15) is 17.6 Å². The van der Waals surface area contributed by atoms with Gasteiger partial charge in [-0.25, -0.2) is 0 Å². The number of carboxylic acids is 1. The summed E-state index contributed by atoms with van der Waals surface area (Å²) in [6, 6.07) is 16.1. The van der Waals surface area contributed by atoms with Crippen LogP contribution >= 0.6 is 0 Å². The van der Waals surface area contributed by atoms with Gasteiger partial charge in [-0.05, 0) is 135 Å². The Balaban J connectivity index is 1.06. The zero-order valence-corrected chi connectivity index (χ0v) is 36.1. The van der Waals surface area contributed by atoms with Gasteiger partial charge in [-0.1, -0.05) is 20.8 Å². The van der Waals surface area contributed by atoms with Crippen LogP contribution in [-0.4, -0.2) is 97.6 Å². The summed E-state index contributed by atoms with van der Waals surface area (Å²) in [4.78, 5) is 40.5. The quantitative estimate of drug-likeness (QED) is 0.103. The van der Waals surface area contributed by atoms with Crippen molar-refractivity contribution >= 4 is 42.1 Å². The predicted octanol–water partition coefficient (Wildman–Crippen LogP) is 8.43. The molecule has 0 amide bonds. The molecule has 10 rings (SSSR count). The predicted molar refractivity (Wildman–Crippen MR) is 226 cm³/mol. The smallest absolute Gasteiger partial charge is 0.306 e. The average molecular weight is 809 g/mol. The maximum absolute atomic E-state index is 14.4. The number of carboxylic acid groups (broad SMARTS) is 1. The lowest BCUT2D eigenvalue weighted by atomic mass is 9.72. The molecular weight excluding hydrogens is 749 g/mol. The number of fused-ring (bicyclic) bond motifs is 8. The molecule has 6 aliphatic rings. The summed E-state index contributed by atoms with van der Waals surface area (Å²) in [5.41, 5.74) is 3.81. The summed E-state index contributed by atoms with van der Waals surface area (Å²) in [6.07, 6.45) is 7.26. The van der Waals surface area contributed by atoms with Gasteiger partial charge in [0.25, 0.3) is 0 Å². The van der Waals surface area contributed by atoms with Crippen LogP contribution in [0, 0.1) is 23.7 Å². The molecule has 0 spiro atoms. The molecule has 2 aromatic carbocycles. The Kier molecular flexibility index (Phi) is 11.3. The van der Waals surface area contributed by atoms with Gasteiger partial charge >= 0.3 is 11.9 Å². The normalized spacial score (nSPS) is 28.0. The third-order valence-electron chi connectivity index (χ3n) is 14.5. The highest BCUT2D eigenvalue weighted by Gasteiger charge is 2.49. The molecule has 0 saturated carbocycles. The molecule has 58 heavy (non-hydrogen) atoms. The van der Waals surface area contributed by atoms with Gasteiger partial charge in [0.15, 0.2) is 8.32 Å². The van der Waals surface area contributed by atoms with Crippen LogP contribution in [0.3, 0.4) is 0 Å². The van der Waals surface area contributed by atoms with E-state index in [0.29, 0.717) is 18.9 Å². The van der Waals surface area contributed by atoms with E-state index in [1.807, 2.05) is 42.6 Å². The second-order valence-corrected chi connectivity index (χ2v) is 23.5. The fourth-order valence-electron chi connectivity index (χ4n) is 10.3. The number of hydrogen-bond acceptors (Lipinski definition) is 10. The minimum absolute atomic E-state index is 0.0223. The number of pyridine rings is 2. The first kappa shape index (κ1) is 40.7. The van der Waals surface area contributed by atoms with E-state index in [-0.39, 0.29) is 53.4 Å². The number of carbonyl (C=O) groups is 2. The van der Waals surface area contributed by atoms with Crippen molar-refractivity contribution in [3.8, 4) is 11.5 Å². The number of aliphatic carboxylic acids is 1. The number of benzene rings is 2. The highest BCUT2D eigenvalue weighted by Crippen LogP contribution is 2.49. The zero-order chi connectivity index (χ0) is 40.9. The van der Waals surface area contributed by atoms with E-state index in [0.717, 1.165) is 89.7 Å². The zero-order valence-electron chi connectivity index (χ0n) is 35.1. The van der Waals surface area contributed by atoms with Gasteiger partial charge in [0, 0.05) is 60.7 Å². The van der Waals surface area contributed by atoms with Crippen molar-refractivity contribution in [3.63, 3.8) is 0 Å². The van der Waals surface area contributed by atoms with Crippen LogP contribution in [0.25, 0.3) is 21.8 Å². The molecule has 0 radical (unpaired) electrons. The third-order valence-corrected chi connectivity index (χ3v) is 19.0. The molecule has 6 fully saturated rings. The lowest BCUT2D eigenvalue weighted by Gasteiger charge is -2.54. The molecule has 12 heteroatoms. The number of aromatic nitrogens is 2. The van der Waals surface area contributed by atoms with Crippen LogP contribution in [0.4, 0.5) is 0 Å². The van der Waals surface area contributed by atoms with E-state index in [9.17, 15) is 14.7 Å². The van der Waals surface area contributed by atoms with Crippen molar-refractivity contribution in [1.29, 1.82) is 0 Å². The van der Waals surface area contributed by atoms with E-state index in [2.05, 4.69) is 60.8 Å². The van der Waals surface area contributed by atoms with Crippen molar-refractivity contribution in [2.45, 2.75) is 102 Å². The van der Waals surface area contributed by atoms with Crippen molar-refractivity contribution in [3.05, 3.63) is 72.1 Å². The number of ether oxygens (including phenoxy) is 3. The molecule has 0 aliphatic carbocycles. The molecule has 2 unspecified atom stereocenters. The van der Waals surface area contributed by atoms with Gasteiger partial charge in [-0.15, -0.1) is 0 Å². The Morgan fingerprint density at radius 1 is 0.776 bits per heavy atom. The summed E-state index contributed by atoms with van der Waals surface area (Å²) in [5, 5.41) is 11.6. The number of hydrogen-bond donors (Lipinski definition) is 1. The lowest BCUT2D eigenvalue weighted by molar-refractivity contribution is -0.162. The minimum atomic E-state index is -2.22. The summed E-state index contributed by atoms with van der Waals surface area (Å²) < 4.78 is 25.5. The molecule has 4 bridgehead atoms. The van der Waals surface area contributed by atoms with Crippen molar-refractivity contribution in [1.82, 2.24) is 19.8 Å². The molecule has 10 atom stereocenters. The maximum Gasteiger partial charge on any atom is 0.306 e. The third kappa shape index (κ3) is 7.97. The number of carbonyl (C=O) groups excluding carboxylic acids is 1. The molecule has 310 valence electrons. The van der Waals surface area contributed by atoms with Crippen LogP contribution in [0.15, 0.2) is 60.9 Å². The highest BCUT2D eigenvalue weighted by atomic mass is 28.4. The highest BCUT2D eigenvalue weighted by molar-refractivity contribution is 6.74. The number of piperidine rings is 6. The first-order valence-electron chi connectivity index (χ1n) is 21.2. The fraction of sp³-hybridized carbons (Fsp3) is 0.565. The molecule has 8 heterocycles. The van der Waals surface area contributed by atoms with E-state index in [1.165, 1.54) is 0 Å². The Morgan fingerprint density at radius 3 is 1.74 bits per heavy atom. The molecule has 11 nitrogen and oxygen atoms in total. The first-order chi connectivity index (χ1) is 27.7. The number of rotatable bonds is 13. The SMILES string of the molecule is COc1ccc2nccc([C@@H](OC(=O)C[C@H]3CN4CC[C@H]3C[C@H]4[C@H](O[Si](C)(C)C(C)(C)C)c3ccnc4ccc(OC)cc34)[C@@H]3C[C@@H]4CCN3C[C@@H]4CC(=O)O)c2c1. The summed E-state index contributed by atoms with van der Waals surface area (Å²) in [6.45, 7) is 14.9. The van der Waals surface area contributed by atoms with Crippen molar-refractivity contribution in [2.24, 2.45) is 23.7 Å².